The molecule has 0 amide bonds. The molecule has 61 heavy (non-hydrogen) atoms. The van der Waals surface area contributed by atoms with E-state index in [0.717, 1.165) is 78.1 Å². The lowest BCUT2D eigenvalue weighted by Gasteiger charge is -2.18. The van der Waals surface area contributed by atoms with Crippen molar-refractivity contribution in [3.63, 3.8) is 0 Å². The SMILES string of the molecule is c1ccc(-c2ccc(-c3ccc(-c4cc(-c5ccccc5)nc(-c5ccc(-c6c(-c7ccccc7)n7ncc(-c8ccccc8)c7c7ccccc67)cc5)n4)cc3)cc2)cc1. The number of benzene rings is 8. The average Bonchev–Trinajstić information content (AvgIpc) is 3.80. The molecule has 3 aromatic heterocycles. The third-order valence-corrected chi connectivity index (χ3v) is 11.5. The van der Waals surface area contributed by atoms with Crippen molar-refractivity contribution in [2.75, 3.05) is 0 Å². The largest absolute Gasteiger partial charge is 0.231 e. The normalized spacial score (nSPS) is 11.3. The second-order valence-electron chi connectivity index (χ2n) is 15.2. The van der Waals surface area contributed by atoms with Crippen LogP contribution in [-0.4, -0.2) is 19.6 Å². The molecular weight excluding hydrogens is 741 g/mol. The van der Waals surface area contributed by atoms with Crippen LogP contribution in [0.25, 0.3) is 106 Å². The lowest BCUT2D eigenvalue weighted by molar-refractivity contribution is 0.976. The minimum absolute atomic E-state index is 0.673. The molecule has 286 valence electrons. The Morgan fingerprint density at radius 1 is 0.311 bits per heavy atom. The van der Waals surface area contributed by atoms with Gasteiger partial charge in [0.2, 0.25) is 0 Å². The van der Waals surface area contributed by atoms with Crippen molar-refractivity contribution in [3.8, 4) is 89.7 Å². The molecule has 0 fully saturated rings. The molecule has 4 nitrogen and oxygen atoms in total. The fraction of sp³-hybridized carbons (Fsp3) is 0. The van der Waals surface area contributed by atoms with E-state index in [0.29, 0.717) is 5.82 Å². The Balaban J connectivity index is 1.00. The molecule has 0 unspecified atom stereocenters. The number of hydrogen-bond donors (Lipinski definition) is 0. The van der Waals surface area contributed by atoms with Crippen molar-refractivity contribution in [2.45, 2.75) is 0 Å². The molecule has 3 heterocycles. The molecule has 0 saturated carbocycles. The summed E-state index contributed by atoms with van der Waals surface area (Å²) < 4.78 is 2.13. The summed E-state index contributed by atoms with van der Waals surface area (Å²) >= 11 is 0. The van der Waals surface area contributed by atoms with Crippen LogP contribution in [0.5, 0.6) is 0 Å². The summed E-state index contributed by atoms with van der Waals surface area (Å²) in [6, 6.07) is 78.9. The van der Waals surface area contributed by atoms with Crippen molar-refractivity contribution < 1.29 is 0 Å². The van der Waals surface area contributed by atoms with Gasteiger partial charge in [0.25, 0.3) is 0 Å². The number of hydrogen-bond acceptors (Lipinski definition) is 3. The fourth-order valence-electron chi connectivity index (χ4n) is 8.49. The maximum absolute atomic E-state index is 5.21. The molecular formula is C57H38N4. The highest BCUT2D eigenvalue weighted by Gasteiger charge is 2.22. The van der Waals surface area contributed by atoms with Gasteiger partial charge in [-0.2, -0.15) is 5.10 Å². The van der Waals surface area contributed by atoms with Crippen molar-refractivity contribution in [1.29, 1.82) is 0 Å². The van der Waals surface area contributed by atoms with E-state index < -0.39 is 0 Å². The zero-order valence-corrected chi connectivity index (χ0v) is 33.2. The van der Waals surface area contributed by atoms with Gasteiger partial charge in [-0.05, 0) is 44.8 Å². The average molecular weight is 779 g/mol. The zero-order chi connectivity index (χ0) is 40.5. The summed E-state index contributed by atoms with van der Waals surface area (Å²) in [6.07, 6.45) is 2.00. The Kier molecular flexibility index (Phi) is 9.14. The quantitative estimate of drug-likeness (QED) is 0.154. The molecule has 0 aliphatic carbocycles. The molecule has 0 bridgehead atoms. The molecule has 0 aliphatic heterocycles. The van der Waals surface area contributed by atoms with Gasteiger partial charge in [-0.3, -0.25) is 0 Å². The van der Waals surface area contributed by atoms with Crippen LogP contribution in [0.3, 0.4) is 0 Å². The minimum atomic E-state index is 0.673. The smallest absolute Gasteiger partial charge is 0.160 e. The Bertz CT molecular complexity index is 3290. The first-order valence-corrected chi connectivity index (χ1v) is 20.6. The summed E-state index contributed by atoms with van der Waals surface area (Å²) in [7, 11) is 0. The third-order valence-electron chi connectivity index (χ3n) is 11.5. The van der Waals surface area contributed by atoms with Gasteiger partial charge < -0.3 is 0 Å². The molecule has 11 aromatic rings. The highest BCUT2D eigenvalue weighted by Crippen LogP contribution is 2.43. The number of fused-ring (bicyclic) bond motifs is 3. The van der Waals surface area contributed by atoms with Crippen LogP contribution >= 0.6 is 0 Å². The van der Waals surface area contributed by atoms with Gasteiger partial charge in [-0.25, -0.2) is 14.5 Å². The van der Waals surface area contributed by atoms with E-state index in [9.17, 15) is 0 Å². The van der Waals surface area contributed by atoms with Gasteiger partial charge >= 0.3 is 0 Å². The topological polar surface area (TPSA) is 43.1 Å². The van der Waals surface area contributed by atoms with Crippen LogP contribution in [0.1, 0.15) is 0 Å². The van der Waals surface area contributed by atoms with Crippen molar-refractivity contribution >= 4 is 16.3 Å². The van der Waals surface area contributed by atoms with E-state index in [1.54, 1.807) is 0 Å². The monoisotopic (exact) mass is 778 g/mol. The summed E-state index contributed by atoms with van der Waals surface area (Å²) in [5.41, 5.74) is 17.2. The predicted octanol–water partition coefficient (Wildman–Crippen LogP) is 14.6. The molecule has 0 saturated heterocycles. The van der Waals surface area contributed by atoms with Gasteiger partial charge in [0.15, 0.2) is 5.82 Å². The molecule has 8 aromatic carbocycles. The standard InChI is InChI=1S/C57H38N4/c1-5-15-39(16-6-1)40-25-27-41(28-26-40)42-29-31-45(32-30-42)53-37-52(44-19-9-3-10-20-44)59-57(60-53)48-35-33-46(34-36-48)54-49-23-13-14-24-50(49)56-51(43-17-7-2-8-18-43)38-58-61(56)55(54)47-21-11-4-12-22-47/h1-38H. The fourth-order valence-corrected chi connectivity index (χ4v) is 8.49. The van der Waals surface area contributed by atoms with Crippen LogP contribution < -0.4 is 0 Å². The van der Waals surface area contributed by atoms with Crippen LogP contribution in [0.4, 0.5) is 0 Å². The second-order valence-corrected chi connectivity index (χ2v) is 15.2. The highest BCUT2D eigenvalue weighted by atomic mass is 15.2. The Hall–Kier alpha value is -8.21. The first-order chi connectivity index (χ1) is 30.2. The number of nitrogens with zero attached hydrogens (tertiary/aromatic N) is 4. The first-order valence-electron chi connectivity index (χ1n) is 20.6. The first kappa shape index (κ1) is 35.9. The maximum Gasteiger partial charge on any atom is 0.160 e. The molecule has 0 N–H and O–H groups in total. The van der Waals surface area contributed by atoms with Gasteiger partial charge in [-0.1, -0.05) is 218 Å². The molecule has 0 radical (unpaired) electrons. The Labute approximate surface area is 354 Å². The minimum Gasteiger partial charge on any atom is -0.231 e. The van der Waals surface area contributed by atoms with Crippen molar-refractivity contribution in [2.24, 2.45) is 0 Å². The molecule has 0 spiro atoms. The summed E-state index contributed by atoms with van der Waals surface area (Å²) in [5, 5.41) is 7.40. The van der Waals surface area contributed by atoms with Crippen molar-refractivity contribution in [3.05, 3.63) is 231 Å². The lowest BCUT2D eigenvalue weighted by atomic mass is 9.91. The maximum atomic E-state index is 5.21. The van der Waals surface area contributed by atoms with E-state index >= 15 is 0 Å². The molecule has 11 rings (SSSR count). The van der Waals surface area contributed by atoms with Gasteiger partial charge in [0.1, 0.15) is 0 Å². The van der Waals surface area contributed by atoms with E-state index in [1.165, 1.54) is 22.1 Å². The number of aromatic nitrogens is 4. The van der Waals surface area contributed by atoms with E-state index in [-0.39, 0.29) is 0 Å². The number of pyridine rings is 1. The van der Waals surface area contributed by atoms with Gasteiger partial charge in [0, 0.05) is 38.8 Å². The lowest BCUT2D eigenvalue weighted by Crippen LogP contribution is -2.00. The number of rotatable bonds is 8. The van der Waals surface area contributed by atoms with Gasteiger partial charge in [0.05, 0.1) is 28.8 Å². The van der Waals surface area contributed by atoms with Crippen LogP contribution in [-0.2, 0) is 0 Å². The van der Waals surface area contributed by atoms with E-state index in [1.807, 2.05) is 18.3 Å². The van der Waals surface area contributed by atoms with E-state index in [4.69, 9.17) is 15.1 Å². The van der Waals surface area contributed by atoms with Crippen LogP contribution in [0, 0.1) is 0 Å². The van der Waals surface area contributed by atoms with Crippen LogP contribution in [0.15, 0.2) is 231 Å². The second kappa shape index (κ2) is 15.5. The van der Waals surface area contributed by atoms with Crippen LogP contribution in [0.2, 0.25) is 0 Å². The van der Waals surface area contributed by atoms with E-state index in [2.05, 4.69) is 217 Å². The highest BCUT2D eigenvalue weighted by molar-refractivity contribution is 6.13. The molecule has 4 heteroatoms. The van der Waals surface area contributed by atoms with Crippen molar-refractivity contribution in [1.82, 2.24) is 19.6 Å². The van der Waals surface area contributed by atoms with Gasteiger partial charge in [-0.15, -0.1) is 0 Å². The summed E-state index contributed by atoms with van der Waals surface area (Å²) in [4.78, 5) is 10.4. The molecule has 0 atom stereocenters. The zero-order valence-electron chi connectivity index (χ0n) is 33.2. The third kappa shape index (κ3) is 6.76. The molecule has 0 aliphatic rings. The predicted molar refractivity (Wildman–Crippen MR) is 252 cm³/mol. The summed E-state index contributed by atoms with van der Waals surface area (Å²) in [5.74, 6) is 0.673. The Morgan fingerprint density at radius 2 is 0.705 bits per heavy atom. The Morgan fingerprint density at radius 3 is 1.26 bits per heavy atom. The summed E-state index contributed by atoms with van der Waals surface area (Å²) in [6.45, 7) is 0.